The third kappa shape index (κ3) is 4.95. The molecule has 0 unspecified atom stereocenters. The molecule has 36 heavy (non-hydrogen) atoms. The van der Waals surface area contributed by atoms with E-state index in [4.69, 9.17) is 4.74 Å². The van der Waals surface area contributed by atoms with E-state index < -0.39 is 0 Å². The number of amides is 2. The van der Waals surface area contributed by atoms with Gasteiger partial charge in [-0.2, -0.15) is 5.10 Å². The molecule has 2 amide bonds. The number of carbonyl (C=O) groups is 2. The van der Waals surface area contributed by atoms with Gasteiger partial charge in [0.15, 0.2) is 5.69 Å². The molecule has 4 heterocycles. The van der Waals surface area contributed by atoms with Gasteiger partial charge in [0.1, 0.15) is 11.4 Å². The van der Waals surface area contributed by atoms with Crippen LogP contribution in [-0.4, -0.2) is 50.1 Å². The lowest BCUT2D eigenvalue weighted by Crippen LogP contribution is -2.37. The van der Waals surface area contributed by atoms with Gasteiger partial charge in [-0.05, 0) is 42.0 Å². The van der Waals surface area contributed by atoms with Crippen molar-refractivity contribution in [1.29, 1.82) is 0 Å². The van der Waals surface area contributed by atoms with Crippen molar-refractivity contribution in [2.24, 2.45) is 0 Å². The topological polar surface area (TPSA) is 102 Å². The van der Waals surface area contributed by atoms with Crippen LogP contribution in [0.4, 0.5) is 0 Å². The molecule has 0 bridgehead atoms. The molecule has 0 radical (unpaired) electrons. The van der Waals surface area contributed by atoms with Gasteiger partial charge >= 0.3 is 0 Å². The summed E-state index contributed by atoms with van der Waals surface area (Å²) in [6.45, 7) is 1.60. The van der Waals surface area contributed by atoms with Crippen molar-refractivity contribution in [3.63, 3.8) is 0 Å². The highest BCUT2D eigenvalue weighted by Gasteiger charge is 2.31. The van der Waals surface area contributed by atoms with E-state index in [0.717, 1.165) is 28.3 Å². The average molecular weight is 483 g/mol. The van der Waals surface area contributed by atoms with Gasteiger partial charge in [-0.25, -0.2) is 0 Å². The fourth-order valence-corrected chi connectivity index (χ4v) is 4.28. The van der Waals surface area contributed by atoms with Crippen molar-refractivity contribution >= 4 is 11.8 Å². The first-order chi connectivity index (χ1) is 17.6. The highest BCUT2D eigenvalue weighted by Crippen LogP contribution is 2.25. The second-order valence-electron chi connectivity index (χ2n) is 8.48. The summed E-state index contributed by atoms with van der Waals surface area (Å²) < 4.78 is 7.03. The summed E-state index contributed by atoms with van der Waals surface area (Å²) in [4.78, 5) is 36.7. The molecule has 4 aromatic rings. The maximum atomic E-state index is 13.3. The number of carbonyl (C=O) groups excluding carboxylic acids is 2. The van der Waals surface area contributed by atoms with E-state index in [1.54, 1.807) is 42.6 Å². The van der Waals surface area contributed by atoms with E-state index in [1.165, 1.54) is 0 Å². The molecule has 1 aliphatic rings. The maximum Gasteiger partial charge on any atom is 0.272 e. The van der Waals surface area contributed by atoms with Crippen LogP contribution in [0.5, 0.6) is 5.75 Å². The van der Waals surface area contributed by atoms with Gasteiger partial charge < -0.3 is 15.0 Å². The first-order valence-electron chi connectivity index (χ1n) is 11.7. The summed E-state index contributed by atoms with van der Waals surface area (Å²) in [6, 6.07) is 18.5. The number of nitrogens with one attached hydrogen (secondary N) is 1. The monoisotopic (exact) mass is 482 g/mol. The number of hydrogen-bond acceptors (Lipinski definition) is 6. The molecule has 1 aliphatic heterocycles. The van der Waals surface area contributed by atoms with Crippen LogP contribution in [0.2, 0.25) is 0 Å². The van der Waals surface area contributed by atoms with Crippen LogP contribution in [0.1, 0.15) is 43.5 Å². The fourth-order valence-electron chi connectivity index (χ4n) is 4.28. The lowest BCUT2D eigenvalue weighted by atomic mass is 10.0. The summed E-state index contributed by atoms with van der Waals surface area (Å²) >= 11 is 0. The molecule has 182 valence electrons. The van der Waals surface area contributed by atoms with Gasteiger partial charge in [0.25, 0.3) is 11.8 Å². The van der Waals surface area contributed by atoms with E-state index in [-0.39, 0.29) is 18.4 Å². The number of nitrogens with zero attached hydrogens (tertiary/aromatic N) is 5. The van der Waals surface area contributed by atoms with E-state index in [1.807, 2.05) is 47.1 Å². The van der Waals surface area contributed by atoms with Crippen LogP contribution in [-0.2, 0) is 26.1 Å². The van der Waals surface area contributed by atoms with Crippen molar-refractivity contribution in [2.45, 2.75) is 26.1 Å². The predicted octanol–water partition coefficient (Wildman–Crippen LogP) is 2.86. The van der Waals surface area contributed by atoms with E-state index in [9.17, 15) is 9.59 Å². The molecule has 0 spiro atoms. The first-order valence-corrected chi connectivity index (χ1v) is 11.7. The number of ether oxygens (including phenoxy) is 1. The third-order valence-electron chi connectivity index (χ3n) is 6.17. The van der Waals surface area contributed by atoms with Crippen molar-refractivity contribution in [3.8, 4) is 5.75 Å². The van der Waals surface area contributed by atoms with Gasteiger partial charge in [0, 0.05) is 43.2 Å². The van der Waals surface area contributed by atoms with Crippen LogP contribution >= 0.6 is 0 Å². The normalized spacial score (nSPS) is 12.6. The van der Waals surface area contributed by atoms with Gasteiger partial charge in [-0.1, -0.05) is 24.3 Å². The minimum Gasteiger partial charge on any atom is -0.497 e. The Morgan fingerprint density at radius 3 is 2.47 bits per heavy atom. The van der Waals surface area contributed by atoms with Crippen LogP contribution in [0.25, 0.3) is 0 Å². The number of hydrogen-bond donors (Lipinski definition) is 1. The van der Waals surface area contributed by atoms with Crippen molar-refractivity contribution in [2.75, 3.05) is 13.7 Å². The highest BCUT2D eigenvalue weighted by atomic mass is 16.5. The Bertz CT molecular complexity index is 1350. The summed E-state index contributed by atoms with van der Waals surface area (Å²) in [5.41, 5.74) is 4.20. The van der Waals surface area contributed by atoms with Crippen molar-refractivity contribution in [3.05, 3.63) is 107 Å². The third-order valence-corrected chi connectivity index (χ3v) is 6.17. The minimum absolute atomic E-state index is 0.164. The zero-order valence-electron chi connectivity index (χ0n) is 19.9. The predicted molar refractivity (Wildman–Crippen MR) is 132 cm³/mol. The van der Waals surface area contributed by atoms with Gasteiger partial charge in [-0.15, -0.1) is 0 Å². The quantitative estimate of drug-likeness (QED) is 0.435. The molecule has 0 atom stereocenters. The Morgan fingerprint density at radius 1 is 1.00 bits per heavy atom. The van der Waals surface area contributed by atoms with Gasteiger partial charge in [0.2, 0.25) is 0 Å². The largest absolute Gasteiger partial charge is 0.497 e. The molecule has 0 fully saturated rings. The van der Waals surface area contributed by atoms with Crippen LogP contribution in [0, 0.1) is 0 Å². The second-order valence-corrected chi connectivity index (χ2v) is 8.48. The standard InChI is InChI=1S/C27H26N6O3/c1-36-21-10-8-19(9-11-21)16-30-26(34)25-22-18-32(27(35)23-7-3-5-14-29-23)15-12-24(22)33(31-25)17-20-6-2-4-13-28-20/h2-11,13-14H,12,15-18H2,1H3,(H,30,34). The number of fused-ring (bicyclic) bond motifs is 1. The molecule has 9 nitrogen and oxygen atoms in total. The maximum absolute atomic E-state index is 13.3. The molecular formula is C27H26N6O3. The molecule has 0 saturated carbocycles. The Labute approximate surface area is 208 Å². The molecule has 3 aromatic heterocycles. The zero-order valence-corrected chi connectivity index (χ0v) is 19.9. The smallest absolute Gasteiger partial charge is 0.272 e. The Hall–Kier alpha value is -4.53. The number of benzene rings is 1. The average Bonchev–Trinajstić information content (AvgIpc) is 3.30. The van der Waals surface area contributed by atoms with Crippen molar-refractivity contribution < 1.29 is 14.3 Å². The van der Waals surface area contributed by atoms with Crippen LogP contribution < -0.4 is 10.1 Å². The van der Waals surface area contributed by atoms with Crippen molar-refractivity contribution in [1.82, 2.24) is 30.0 Å². The number of aromatic nitrogens is 4. The summed E-state index contributed by atoms with van der Waals surface area (Å²) in [5.74, 6) is 0.308. The lowest BCUT2D eigenvalue weighted by molar-refractivity contribution is 0.0724. The van der Waals surface area contributed by atoms with E-state index >= 15 is 0 Å². The molecule has 5 rings (SSSR count). The van der Waals surface area contributed by atoms with E-state index in [0.29, 0.717) is 37.4 Å². The number of pyridine rings is 2. The molecule has 1 N–H and O–H groups in total. The van der Waals surface area contributed by atoms with Crippen LogP contribution in [0.3, 0.4) is 0 Å². The lowest BCUT2D eigenvalue weighted by Gasteiger charge is -2.27. The second kappa shape index (κ2) is 10.4. The van der Waals surface area contributed by atoms with Crippen LogP contribution in [0.15, 0.2) is 73.1 Å². The highest BCUT2D eigenvalue weighted by molar-refractivity contribution is 5.95. The summed E-state index contributed by atoms with van der Waals surface area (Å²) in [7, 11) is 1.61. The van der Waals surface area contributed by atoms with Gasteiger partial charge in [0.05, 0.1) is 25.9 Å². The Kier molecular flexibility index (Phi) is 6.70. The molecule has 0 saturated heterocycles. The van der Waals surface area contributed by atoms with Gasteiger partial charge in [-0.3, -0.25) is 24.2 Å². The molecule has 9 heteroatoms. The minimum atomic E-state index is -0.283. The Morgan fingerprint density at radius 2 is 1.78 bits per heavy atom. The van der Waals surface area contributed by atoms with E-state index in [2.05, 4.69) is 20.4 Å². The first kappa shape index (κ1) is 23.2. The number of methoxy groups -OCH3 is 1. The molecular weight excluding hydrogens is 456 g/mol. The fraction of sp³-hybridized carbons (Fsp3) is 0.222. The molecule has 1 aromatic carbocycles. The molecule has 0 aliphatic carbocycles. The zero-order chi connectivity index (χ0) is 24.9. The Balaban J connectivity index is 1.40. The summed E-state index contributed by atoms with van der Waals surface area (Å²) in [5, 5.41) is 7.65. The summed E-state index contributed by atoms with van der Waals surface area (Å²) in [6.07, 6.45) is 3.92. The number of rotatable bonds is 7. The SMILES string of the molecule is COc1ccc(CNC(=O)c2nn(Cc3ccccn3)c3c2CN(C(=O)c2ccccn2)CC3)cc1.